The standard InChI is InChI=1S/C26H35BN4O4/c1-19(2)15-25(27(33)34)28-26(32)18-31-24(20-9-6-5-7-10-20)17-23(29-31)21-11-8-12-22(16-21)35-14-13-30(3)4/h5-12,16-17,19,25,33-34H,13-15,18H2,1-4H3,(H,28,32). The molecule has 0 bridgehead atoms. The second-order valence-electron chi connectivity index (χ2n) is 9.34. The van der Waals surface area contributed by atoms with Gasteiger partial charge in [0.1, 0.15) is 18.9 Å². The monoisotopic (exact) mass is 478 g/mol. The maximum atomic E-state index is 12.8. The lowest BCUT2D eigenvalue weighted by molar-refractivity contribution is -0.122. The average Bonchev–Trinajstić information content (AvgIpc) is 3.22. The topological polar surface area (TPSA) is 99.9 Å². The molecular formula is C26H35BN4O4. The lowest BCUT2D eigenvalue weighted by Crippen LogP contribution is -2.48. The molecule has 1 aromatic heterocycles. The van der Waals surface area contributed by atoms with Crippen molar-refractivity contribution in [2.45, 2.75) is 32.8 Å². The van der Waals surface area contributed by atoms with Gasteiger partial charge in [0, 0.05) is 12.1 Å². The Morgan fingerprint density at radius 2 is 1.80 bits per heavy atom. The zero-order valence-corrected chi connectivity index (χ0v) is 20.9. The fourth-order valence-electron chi connectivity index (χ4n) is 3.76. The van der Waals surface area contributed by atoms with Gasteiger partial charge >= 0.3 is 7.12 Å². The Bertz CT molecular complexity index is 1090. The lowest BCUT2D eigenvalue weighted by atomic mass is 9.75. The van der Waals surface area contributed by atoms with Gasteiger partial charge < -0.3 is 25.0 Å². The minimum Gasteiger partial charge on any atom is -0.492 e. The molecule has 9 heteroatoms. The maximum absolute atomic E-state index is 12.8. The van der Waals surface area contributed by atoms with Gasteiger partial charge in [0.25, 0.3) is 0 Å². The van der Waals surface area contributed by atoms with Crippen LogP contribution in [-0.4, -0.2) is 70.9 Å². The maximum Gasteiger partial charge on any atom is 0.475 e. The van der Waals surface area contributed by atoms with Crippen molar-refractivity contribution in [3.63, 3.8) is 0 Å². The fourth-order valence-corrected chi connectivity index (χ4v) is 3.76. The third-order valence-electron chi connectivity index (χ3n) is 5.51. The highest BCUT2D eigenvalue weighted by Crippen LogP contribution is 2.28. The molecule has 1 heterocycles. The first kappa shape index (κ1) is 26.5. The van der Waals surface area contributed by atoms with Crippen LogP contribution >= 0.6 is 0 Å². The number of carbonyl (C=O) groups excluding carboxylic acids is 1. The van der Waals surface area contributed by atoms with E-state index in [0.29, 0.717) is 13.0 Å². The highest BCUT2D eigenvalue weighted by atomic mass is 16.5. The number of amides is 1. The second kappa shape index (κ2) is 12.5. The van der Waals surface area contributed by atoms with Crippen LogP contribution < -0.4 is 10.1 Å². The number of nitrogens with one attached hydrogen (secondary N) is 1. The molecule has 35 heavy (non-hydrogen) atoms. The molecule has 8 nitrogen and oxygen atoms in total. The first-order chi connectivity index (χ1) is 16.7. The molecule has 3 rings (SSSR count). The van der Waals surface area contributed by atoms with Gasteiger partial charge in [0.2, 0.25) is 5.91 Å². The van der Waals surface area contributed by atoms with E-state index in [4.69, 9.17) is 9.84 Å². The van der Waals surface area contributed by atoms with E-state index in [-0.39, 0.29) is 18.4 Å². The molecule has 0 aliphatic carbocycles. The Morgan fingerprint density at radius 3 is 2.46 bits per heavy atom. The van der Waals surface area contributed by atoms with Crippen LogP contribution in [0.5, 0.6) is 5.75 Å². The molecule has 0 saturated carbocycles. The van der Waals surface area contributed by atoms with Crippen molar-refractivity contribution in [3.8, 4) is 28.3 Å². The van der Waals surface area contributed by atoms with E-state index < -0.39 is 13.1 Å². The SMILES string of the molecule is CC(C)CC(NC(=O)Cn1nc(-c2cccc(OCCN(C)C)c2)cc1-c1ccccc1)B(O)O. The van der Waals surface area contributed by atoms with E-state index in [1.54, 1.807) is 4.68 Å². The minimum atomic E-state index is -1.63. The van der Waals surface area contributed by atoms with Crippen LogP contribution in [0.3, 0.4) is 0 Å². The second-order valence-corrected chi connectivity index (χ2v) is 9.34. The molecule has 3 N–H and O–H groups in total. The van der Waals surface area contributed by atoms with Gasteiger partial charge in [-0.15, -0.1) is 0 Å². The largest absolute Gasteiger partial charge is 0.492 e. The van der Waals surface area contributed by atoms with Crippen molar-refractivity contribution in [2.75, 3.05) is 27.2 Å². The number of ether oxygens (including phenoxy) is 1. The Balaban J connectivity index is 1.86. The number of hydrogen-bond donors (Lipinski definition) is 3. The Kier molecular flexibility index (Phi) is 9.48. The van der Waals surface area contributed by atoms with E-state index in [9.17, 15) is 14.8 Å². The van der Waals surface area contributed by atoms with Crippen LogP contribution in [-0.2, 0) is 11.3 Å². The number of nitrogens with zero attached hydrogens (tertiary/aromatic N) is 3. The summed E-state index contributed by atoms with van der Waals surface area (Å²) in [5.74, 6) is -0.123. The van der Waals surface area contributed by atoms with Crippen LogP contribution in [0.2, 0.25) is 0 Å². The van der Waals surface area contributed by atoms with Crippen LogP contribution in [0, 0.1) is 5.92 Å². The average molecular weight is 478 g/mol. The van der Waals surface area contributed by atoms with Crippen LogP contribution in [0.4, 0.5) is 0 Å². The summed E-state index contributed by atoms with van der Waals surface area (Å²) < 4.78 is 7.52. The number of rotatable bonds is 12. The van der Waals surface area contributed by atoms with Gasteiger partial charge in [-0.1, -0.05) is 56.3 Å². The van der Waals surface area contributed by atoms with Crippen LogP contribution in [0.15, 0.2) is 60.7 Å². The van der Waals surface area contributed by atoms with Crippen LogP contribution in [0.25, 0.3) is 22.5 Å². The van der Waals surface area contributed by atoms with E-state index in [0.717, 1.165) is 34.8 Å². The third-order valence-corrected chi connectivity index (χ3v) is 5.51. The highest BCUT2D eigenvalue weighted by Gasteiger charge is 2.26. The number of benzene rings is 2. The van der Waals surface area contributed by atoms with Gasteiger partial charge in [-0.05, 0) is 50.2 Å². The Hall–Kier alpha value is -3.14. The summed E-state index contributed by atoms with van der Waals surface area (Å²) in [6, 6.07) is 19.4. The molecular weight excluding hydrogens is 443 g/mol. The lowest BCUT2D eigenvalue weighted by Gasteiger charge is -2.20. The number of carbonyl (C=O) groups is 1. The molecule has 0 aliphatic heterocycles. The highest BCUT2D eigenvalue weighted by molar-refractivity contribution is 6.43. The summed E-state index contributed by atoms with van der Waals surface area (Å²) in [4.78, 5) is 14.9. The fraction of sp³-hybridized carbons (Fsp3) is 0.385. The molecule has 1 unspecified atom stereocenters. The molecule has 1 atom stereocenters. The summed E-state index contributed by atoms with van der Waals surface area (Å²) in [6.45, 7) is 5.27. The summed E-state index contributed by atoms with van der Waals surface area (Å²) in [6.07, 6.45) is 0.458. The number of aromatic nitrogens is 2. The Labute approximate surface area is 207 Å². The molecule has 0 radical (unpaired) electrons. The van der Waals surface area contributed by atoms with Crippen molar-refractivity contribution in [3.05, 3.63) is 60.7 Å². The minimum absolute atomic E-state index is 0.0510. The summed E-state index contributed by atoms with van der Waals surface area (Å²) in [5, 5.41) is 26.8. The molecule has 3 aromatic rings. The quantitative estimate of drug-likeness (QED) is 0.346. The summed E-state index contributed by atoms with van der Waals surface area (Å²) in [7, 11) is 2.37. The first-order valence-electron chi connectivity index (χ1n) is 11.9. The van der Waals surface area contributed by atoms with Crippen molar-refractivity contribution < 1.29 is 19.6 Å². The molecule has 2 aromatic carbocycles. The number of likely N-dealkylation sites (N-methyl/N-ethyl adjacent to an activating group) is 1. The summed E-state index contributed by atoms with van der Waals surface area (Å²) >= 11 is 0. The molecule has 0 fully saturated rings. The molecule has 0 spiro atoms. The van der Waals surface area contributed by atoms with E-state index >= 15 is 0 Å². The molecule has 186 valence electrons. The molecule has 0 saturated heterocycles. The van der Waals surface area contributed by atoms with Gasteiger partial charge in [0.15, 0.2) is 0 Å². The van der Waals surface area contributed by atoms with E-state index in [2.05, 4.69) is 10.2 Å². The van der Waals surface area contributed by atoms with E-state index in [1.807, 2.05) is 88.6 Å². The van der Waals surface area contributed by atoms with Gasteiger partial charge in [0.05, 0.1) is 17.3 Å². The normalized spacial score (nSPS) is 12.1. The zero-order valence-electron chi connectivity index (χ0n) is 20.9. The van der Waals surface area contributed by atoms with Crippen molar-refractivity contribution in [1.29, 1.82) is 0 Å². The van der Waals surface area contributed by atoms with Gasteiger partial charge in [-0.3, -0.25) is 9.48 Å². The zero-order chi connectivity index (χ0) is 25.4. The van der Waals surface area contributed by atoms with Crippen molar-refractivity contribution >= 4 is 13.0 Å². The Morgan fingerprint density at radius 1 is 1.09 bits per heavy atom. The van der Waals surface area contributed by atoms with E-state index in [1.165, 1.54) is 0 Å². The molecule has 1 amide bonds. The summed E-state index contributed by atoms with van der Waals surface area (Å²) in [5.41, 5.74) is 3.32. The van der Waals surface area contributed by atoms with Gasteiger partial charge in [-0.25, -0.2) is 0 Å². The first-order valence-corrected chi connectivity index (χ1v) is 11.9. The number of hydrogen-bond acceptors (Lipinski definition) is 6. The predicted molar refractivity (Wildman–Crippen MR) is 139 cm³/mol. The third kappa shape index (κ3) is 7.95. The van der Waals surface area contributed by atoms with Gasteiger partial charge in [-0.2, -0.15) is 5.10 Å². The van der Waals surface area contributed by atoms with Crippen molar-refractivity contribution in [2.24, 2.45) is 5.92 Å². The smallest absolute Gasteiger partial charge is 0.475 e. The van der Waals surface area contributed by atoms with Crippen LogP contribution in [0.1, 0.15) is 20.3 Å². The predicted octanol–water partition coefficient (Wildman–Crippen LogP) is 2.70. The molecule has 0 aliphatic rings. The van der Waals surface area contributed by atoms with Crippen molar-refractivity contribution in [1.82, 2.24) is 20.0 Å².